The molecule has 4 heteroatoms. The molecule has 1 N–H and O–H groups in total. The molecular weight excluding hydrogens is 262 g/mol. The minimum Gasteiger partial charge on any atom is -0.333 e. The van der Waals surface area contributed by atoms with E-state index >= 15 is 0 Å². The number of hydrogen-bond donors (Lipinski definition) is 1. The quantitative estimate of drug-likeness (QED) is 0.876. The van der Waals surface area contributed by atoms with Gasteiger partial charge in [-0.15, -0.1) is 0 Å². The molecule has 0 aliphatic carbocycles. The summed E-state index contributed by atoms with van der Waals surface area (Å²) in [6.07, 6.45) is 7.89. The van der Waals surface area contributed by atoms with Crippen LogP contribution in [0.5, 0.6) is 0 Å². The molecule has 4 nitrogen and oxygen atoms in total. The third-order valence-corrected chi connectivity index (χ3v) is 4.34. The Morgan fingerprint density at radius 2 is 2.38 bits per heavy atom. The topological polar surface area (TPSA) is 45.2 Å². The van der Waals surface area contributed by atoms with Crippen LogP contribution in [0.2, 0.25) is 0 Å². The number of pyridine rings is 1. The normalized spacial score (nSPS) is 20.3. The molecule has 21 heavy (non-hydrogen) atoms. The first-order chi connectivity index (χ1) is 10.3. The van der Waals surface area contributed by atoms with E-state index in [2.05, 4.69) is 35.1 Å². The van der Waals surface area contributed by atoms with Crippen LogP contribution in [0, 0.1) is 5.92 Å². The molecule has 0 aromatic carbocycles. The lowest BCUT2D eigenvalue weighted by atomic mass is 9.95. The first kappa shape index (κ1) is 16.0. The molecule has 1 aliphatic heterocycles. The summed E-state index contributed by atoms with van der Waals surface area (Å²) in [5.74, 6) is 0.489. The zero-order valence-electron chi connectivity index (χ0n) is 13.2. The van der Waals surface area contributed by atoms with Crippen molar-refractivity contribution in [2.75, 3.05) is 19.6 Å². The van der Waals surface area contributed by atoms with Crippen LogP contribution in [-0.2, 0) is 4.79 Å². The van der Waals surface area contributed by atoms with E-state index in [1.54, 1.807) is 6.20 Å². The number of rotatable bonds is 6. The maximum Gasteiger partial charge on any atom is 0.226 e. The Morgan fingerprint density at radius 1 is 1.52 bits per heavy atom. The van der Waals surface area contributed by atoms with E-state index in [9.17, 15) is 4.79 Å². The Morgan fingerprint density at radius 3 is 3.05 bits per heavy atom. The lowest BCUT2D eigenvalue weighted by molar-refractivity contribution is -0.139. The Balaban J connectivity index is 2.12. The molecule has 2 unspecified atom stereocenters. The van der Waals surface area contributed by atoms with E-state index in [1.807, 2.05) is 12.3 Å². The number of carbonyl (C=O) groups is 1. The Labute approximate surface area is 127 Å². The largest absolute Gasteiger partial charge is 0.333 e. The minimum absolute atomic E-state index is 0.121. The van der Waals surface area contributed by atoms with Crippen LogP contribution in [0.4, 0.5) is 0 Å². The molecule has 2 heterocycles. The Bertz CT molecular complexity index is 435. The van der Waals surface area contributed by atoms with Crippen molar-refractivity contribution in [2.45, 2.75) is 45.6 Å². The van der Waals surface area contributed by atoms with Crippen molar-refractivity contribution in [1.82, 2.24) is 15.2 Å². The van der Waals surface area contributed by atoms with Crippen molar-refractivity contribution in [3.63, 3.8) is 0 Å². The summed E-state index contributed by atoms with van der Waals surface area (Å²) in [5, 5.41) is 3.40. The second kappa shape index (κ2) is 8.13. The summed E-state index contributed by atoms with van der Waals surface area (Å²) >= 11 is 0. The molecule has 1 amide bonds. The molecule has 2 rings (SSSR count). The molecule has 0 spiro atoms. The number of carbonyl (C=O) groups excluding carboxylic acids is 1. The van der Waals surface area contributed by atoms with Gasteiger partial charge in [0, 0.05) is 37.9 Å². The molecule has 116 valence electrons. The van der Waals surface area contributed by atoms with Crippen LogP contribution in [0.15, 0.2) is 24.5 Å². The van der Waals surface area contributed by atoms with Gasteiger partial charge >= 0.3 is 0 Å². The van der Waals surface area contributed by atoms with Crippen molar-refractivity contribution in [1.29, 1.82) is 0 Å². The number of nitrogens with zero attached hydrogens (tertiary/aromatic N) is 2. The zero-order chi connectivity index (χ0) is 15.1. The fraction of sp³-hybridized carbons (Fsp3) is 0.647. The number of aromatic nitrogens is 1. The third-order valence-electron chi connectivity index (χ3n) is 4.34. The van der Waals surface area contributed by atoms with Gasteiger partial charge in [0.15, 0.2) is 0 Å². The second-order valence-corrected chi connectivity index (χ2v) is 5.79. The molecule has 1 aromatic heterocycles. The molecule has 1 aromatic rings. The van der Waals surface area contributed by atoms with Crippen LogP contribution in [0.1, 0.15) is 51.1 Å². The maximum absolute atomic E-state index is 12.9. The molecule has 2 atom stereocenters. The van der Waals surface area contributed by atoms with E-state index in [0.29, 0.717) is 5.91 Å². The van der Waals surface area contributed by atoms with Crippen LogP contribution in [0.25, 0.3) is 0 Å². The van der Waals surface area contributed by atoms with E-state index in [0.717, 1.165) is 50.9 Å². The number of unbranched alkanes of at least 4 members (excludes halogenated alkanes) is 1. The fourth-order valence-electron chi connectivity index (χ4n) is 3.03. The van der Waals surface area contributed by atoms with Gasteiger partial charge in [-0.2, -0.15) is 0 Å². The Kier molecular flexibility index (Phi) is 6.18. The highest BCUT2D eigenvalue weighted by Gasteiger charge is 2.31. The predicted molar refractivity (Wildman–Crippen MR) is 84.9 cm³/mol. The van der Waals surface area contributed by atoms with Gasteiger partial charge in [-0.25, -0.2) is 0 Å². The highest BCUT2D eigenvalue weighted by Crippen LogP contribution is 2.26. The van der Waals surface area contributed by atoms with Gasteiger partial charge in [-0.3, -0.25) is 9.78 Å². The monoisotopic (exact) mass is 289 g/mol. The Hall–Kier alpha value is -1.42. The maximum atomic E-state index is 12.9. The number of amides is 1. The van der Waals surface area contributed by atoms with Crippen molar-refractivity contribution in [3.05, 3.63) is 30.1 Å². The fourth-order valence-corrected chi connectivity index (χ4v) is 3.03. The number of nitrogens with one attached hydrogen (secondary N) is 1. The summed E-state index contributed by atoms with van der Waals surface area (Å²) in [7, 11) is 0. The van der Waals surface area contributed by atoms with Crippen LogP contribution < -0.4 is 5.32 Å². The van der Waals surface area contributed by atoms with Gasteiger partial charge in [0.25, 0.3) is 0 Å². The van der Waals surface area contributed by atoms with Crippen molar-refractivity contribution >= 4 is 5.91 Å². The van der Waals surface area contributed by atoms with E-state index in [4.69, 9.17) is 0 Å². The lowest BCUT2D eigenvalue weighted by Gasteiger charge is -2.38. The van der Waals surface area contributed by atoms with Crippen LogP contribution in [0.3, 0.4) is 0 Å². The number of piperazine rings is 1. The summed E-state index contributed by atoms with van der Waals surface area (Å²) in [5.41, 5.74) is 1.13. The van der Waals surface area contributed by atoms with Gasteiger partial charge < -0.3 is 10.2 Å². The predicted octanol–water partition coefficient (Wildman–Crippen LogP) is 2.77. The van der Waals surface area contributed by atoms with Crippen molar-refractivity contribution in [2.24, 2.45) is 5.92 Å². The van der Waals surface area contributed by atoms with E-state index < -0.39 is 0 Å². The summed E-state index contributed by atoms with van der Waals surface area (Å²) < 4.78 is 0. The SMILES string of the molecule is CCCCC(CC)C(=O)N1CCNCC1c1cccnc1. The average Bonchev–Trinajstić information content (AvgIpc) is 2.56. The second-order valence-electron chi connectivity index (χ2n) is 5.79. The molecule has 1 aliphatic rings. The van der Waals surface area contributed by atoms with Gasteiger partial charge in [-0.1, -0.05) is 32.8 Å². The smallest absolute Gasteiger partial charge is 0.226 e. The zero-order valence-corrected chi connectivity index (χ0v) is 13.2. The molecule has 1 fully saturated rings. The summed E-state index contributed by atoms with van der Waals surface area (Å²) in [6.45, 7) is 6.80. The molecule has 0 radical (unpaired) electrons. The van der Waals surface area contributed by atoms with Crippen molar-refractivity contribution in [3.8, 4) is 0 Å². The first-order valence-corrected chi connectivity index (χ1v) is 8.19. The van der Waals surface area contributed by atoms with Crippen molar-refractivity contribution < 1.29 is 4.79 Å². The average molecular weight is 289 g/mol. The molecule has 0 saturated carbocycles. The minimum atomic E-state index is 0.121. The standard InChI is InChI=1S/C17H27N3O/c1-3-5-7-14(4-2)17(21)20-11-10-19-13-16(20)15-8-6-9-18-12-15/h6,8-9,12,14,16,19H,3-5,7,10-11,13H2,1-2H3. The van der Waals surface area contributed by atoms with Gasteiger partial charge in [0.1, 0.15) is 0 Å². The van der Waals surface area contributed by atoms with Crippen LogP contribution in [-0.4, -0.2) is 35.4 Å². The van der Waals surface area contributed by atoms with E-state index in [1.165, 1.54) is 0 Å². The summed E-state index contributed by atoms with van der Waals surface area (Å²) in [4.78, 5) is 19.2. The van der Waals surface area contributed by atoms with Crippen LogP contribution >= 0.6 is 0 Å². The first-order valence-electron chi connectivity index (χ1n) is 8.19. The lowest BCUT2D eigenvalue weighted by Crippen LogP contribution is -2.50. The summed E-state index contributed by atoms with van der Waals surface area (Å²) in [6, 6.07) is 4.13. The number of hydrogen-bond acceptors (Lipinski definition) is 3. The highest BCUT2D eigenvalue weighted by atomic mass is 16.2. The third kappa shape index (κ3) is 4.03. The molecule has 1 saturated heterocycles. The molecule has 0 bridgehead atoms. The highest BCUT2D eigenvalue weighted by molar-refractivity contribution is 5.79. The van der Waals surface area contributed by atoms with Gasteiger partial charge in [-0.05, 0) is 24.5 Å². The van der Waals surface area contributed by atoms with Gasteiger partial charge in [0.2, 0.25) is 5.91 Å². The van der Waals surface area contributed by atoms with E-state index in [-0.39, 0.29) is 12.0 Å². The van der Waals surface area contributed by atoms with Gasteiger partial charge in [0.05, 0.1) is 6.04 Å². The molecular formula is C17H27N3O.